The first-order chi connectivity index (χ1) is 10.1. The van der Waals surface area contributed by atoms with E-state index in [1.165, 1.54) is 0 Å². The summed E-state index contributed by atoms with van der Waals surface area (Å²) < 4.78 is 5.26. The van der Waals surface area contributed by atoms with Crippen LogP contribution in [0.2, 0.25) is 10.0 Å². The highest BCUT2D eigenvalue weighted by Crippen LogP contribution is 2.32. The molecule has 0 saturated carbocycles. The van der Waals surface area contributed by atoms with Crippen LogP contribution in [0.1, 0.15) is 11.6 Å². The molecular formula is C16H18Cl2N2O. The summed E-state index contributed by atoms with van der Waals surface area (Å²) in [5.41, 5.74) is 7.87. The summed E-state index contributed by atoms with van der Waals surface area (Å²) in [6, 6.07) is 13.2. The molecule has 112 valence electrons. The van der Waals surface area contributed by atoms with E-state index in [2.05, 4.69) is 4.90 Å². The monoisotopic (exact) mass is 324 g/mol. The number of halogens is 2. The van der Waals surface area contributed by atoms with Crippen molar-refractivity contribution in [2.24, 2.45) is 5.73 Å². The van der Waals surface area contributed by atoms with E-state index in [4.69, 9.17) is 33.7 Å². The van der Waals surface area contributed by atoms with Crippen LogP contribution >= 0.6 is 23.2 Å². The lowest BCUT2D eigenvalue weighted by atomic mass is 10.0. The van der Waals surface area contributed by atoms with Crippen LogP contribution in [0, 0.1) is 0 Å². The standard InChI is InChI=1S/C16H18Cl2N2O/c1-20(12-4-3-5-13(9-12)21-2)16(10-19)14-8-11(17)6-7-15(14)18/h3-9,16H,10,19H2,1-2H3. The van der Waals surface area contributed by atoms with Crippen molar-refractivity contribution in [3.63, 3.8) is 0 Å². The summed E-state index contributed by atoms with van der Waals surface area (Å²) in [5, 5.41) is 1.30. The van der Waals surface area contributed by atoms with Crippen molar-refractivity contribution in [2.45, 2.75) is 6.04 Å². The fourth-order valence-electron chi connectivity index (χ4n) is 2.27. The van der Waals surface area contributed by atoms with Crippen molar-refractivity contribution in [1.82, 2.24) is 0 Å². The smallest absolute Gasteiger partial charge is 0.120 e. The quantitative estimate of drug-likeness (QED) is 0.898. The first-order valence-electron chi connectivity index (χ1n) is 6.58. The molecule has 5 heteroatoms. The highest BCUT2D eigenvalue weighted by molar-refractivity contribution is 6.33. The van der Waals surface area contributed by atoms with Crippen molar-refractivity contribution in [3.8, 4) is 5.75 Å². The van der Waals surface area contributed by atoms with E-state index in [0.717, 1.165) is 17.0 Å². The highest BCUT2D eigenvalue weighted by Gasteiger charge is 2.19. The summed E-state index contributed by atoms with van der Waals surface area (Å²) in [6.45, 7) is 0.424. The molecule has 21 heavy (non-hydrogen) atoms. The second-order valence-corrected chi connectivity index (χ2v) is 5.57. The normalized spacial score (nSPS) is 12.0. The van der Waals surface area contributed by atoms with Gasteiger partial charge in [0.05, 0.1) is 13.2 Å². The third-order valence-corrected chi connectivity index (χ3v) is 4.05. The van der Waals surface area contributed by atoms with E-state index in [1.54, 1.807) is 19.2 Å². The van der Waals surface area contributed by atoms with E-state index in [1.807, 2.05) is 37.4 Å². The van der Waals surface area contributed by atoms with Gasteiger partial charge in [-0.05, 0) is 35.9 Å². The van der Waals surface area contributed by atoms with Crippen LogP contribution in [0.25, 0.3) is 0 Å². The number of nitrogens with zero attached hydrogens (tertiary/aromatic N) is 1. The molecule has 1 atom stereocenters. The SMILES string of the molecule is COc1cccc(N(C)C(CN)c2cc(Cl)ccc2Cl)c1. The fourth-order valence-corrected chi connectivity index (χ4v) is 2.70. The Morgan fingerprint density at radius 1 is 1.19 bits per heavy atom. The van der Waals surface area contributed by atoms with Crippen LogP contribution in [0.15, 0.2) is 42.5 Å². The molecule has 0 aliphatic rings. The van der Waals surface area contributed by atoms with Gasteiger partial charge in [-0.3, -0.25) is 0 Å². The Labute approximate surface area is 135 Å². The van der Waals surface area contributed by atoms with E-state index in [9.17, 15) is 0 Å². The summed E-state index contributed by atoms with van der Waals surface area (Å²) in [4.78, 5) is 2.07. The minimum absolute atomic E-state index is 0.0664. The lowest BCUT2D eigenvalue weighted by Gasteiger charge is -2.30. The first kappa shape index (κ1) is 16.0. The molecule has 2 rings (SSSR count). The number of ether oxygens (including phenoxy) is 1. The Morgan fingerprint density at radius 3 is 2.62 bits per heavy atom. The van der Waals surface area contributed by atoms with Crippen molar-refractivity contribution in [1.29, 1.82) is 0 Å². The molecule has 0 aliphatic heterocycles. The maximum atomic E-state index is 6.29. The lowest BCUT2D eigenvalue weighted by Crippen LogP contribution is -2.30. The minimum Gasteiger partial charge on any atom is -0.497 e. The summed E-state index contributed by atoms with van der Waals surface area (Å²) in [7, 11) is 3.62. The third kappa shape index (κ3) is 3.62. The number of nitrogens with two attached hydrogens (primary N) is 1. The molecule has 0 saturated heterocycles. The molecule has 0 amide bonds. The molecule has 2 N–H and O–H groups in total. The Morgan fingerprint density at radius 2 is 1.95 bits per heavy atom. The van der Waals surface area contributed by atoms with Crippen molar-refractivity contribution in [2.75, 3.05) is 25.6 Å². The molecule has 0 aliphatic carbocycles. The van der Waals surface area contributed by atoms with Gasteiger partial charge in [-0.2, -0.15) is 0 Å². The summed E-state index contributed by atoms with van der Waals surface area (Å²) in [6.07, 6.45) is 0. The number of hydrogen-bond donors (Lipinski definition) is 1. The van der Waals surface area contributed by atoms with Gasteiger partial charge in [0.2, 0.25) is 0 Å². The average molecular weight is 325 g/mol. The van der Waals surface area contributed by atoms with Gasteiger partial charge in [0.1, 0.15) is 5.75 Å². The number of anilines is 1. The van der Waals surface area contributed by atoms with Crippen molar-refractivity contribution < 1.29 is 4.74 Å². The number of methoxy groups -OCH3 is 1. The van der Waals surface area contributed by atoms with Gasteiger partial charge in [0.25, 0.3) is 0 Å². The molecule has 0 heterocycles. The molecule has 0 bridgehead atoms. The van der Waals surface area contributed by atoms with E-state index in [-0.39, 0.29) is 6.04 Å². The molecular weight excluding hydrogens is 307 g/mol. The van der Waals surface area contributed by atoms with Crippen molar-refractivity contribution >= 4 is 28.9 Å². The molecule has 0 radical (unpaired) electrons. The minimum atomic E-state index is -0.0664. The Hall–Kier alpha value is -1.42. The van der Waals surface area contributed by atoms with Crippen LogP contribution < -0.4 is 15.4 Å². The summed E-state index contributed by atoms with van der Waals surface area (Å²) in [5.74, 6) is 0.798. The number of hydrogen-bond acceptors (Lipinski definition) is 3. The van der Waals surface area contributed by atoms with Gasteiger partial charge < -0.3 is 15.4 Å². The van der Waals surface area contributed by atoms with Gasteiger partial charge in [0.15, 0.2) is 0 Å². The molecule has 3 nitrogen and oxygen atoms in total. The Balaban J connectivity index is 2.37. The zero-order valence-corrected chi connectivity index (χ0v) is 13.5. The first-order valence-corrected chi connectivity index (χ1v) is 7.34. The fraction of sp³-hybridized carbons (Fsp3) is 0.250. The van der Waals surface area contributed by atoms with E-state index < -0.39 is 0 Å². The van der Waals surface area contributed by atoms with Gasteiger partial charge >= 0.3 is 0 Å². The predicted octanol–water partition coefficient (Wildman–Crippen LogP) is 4.14. The maximum absolute atomic E-state index is 6.29. The lowest BCUT2D eigenvalue weighted by molar-refractivity contribution is 0.414. The second kappa shape index (κ2) is 7.03. The topological polar surface area (TPSA) is 38.5 Å². The second-order valence-electron chi connectivity index (χ2n) is 4.73. The van der Waals surface area contributed by atoms with Crippen LogP contribution in [-0.4, -0.2) is 20.7 Å². The maximum Gasteiger partial charge on any atom is 0.120 e. The van der Waals surface area contributed by atoms with Crippen LogP contribution in [0.5, 0.6) is 5.75 Å². The van der Waals surface area contributed by atoms with Crippen LogP contribution in [0.4, 0.5) is 5.69 Å². The molecule has 0 fully saturated rings. The molecule has 0 aromatic heterocycles. The van der Waals surface area contributed by atoms with Gasteiger partial charge in [-0.1, -0.05) is 29.3 Å². The van der Waals surface area contributed by atoms with Gasteiger partial charge in [-0.25, -0.2) is 0 Å². The van der Waals surface area contributed by atoms with Gasteiger partial charge in [0, 0.05) is 35.4 Å². The van der Waals surface area contributed by atoms with E-state index in [0.29, 0.717) is 16.6 Å². The number of benzene rings is 2. The Bertz CT molecular complexity index is 619. The molecule has 2 aromatic carbocycles. The zero-order valence-electron chi connectivity index (χ0n) is 12.0. The average Bonchev–Trinajstić information content (AvgIpc) is 2.51. The number of rotatable bonds is 5. The molecule has 1 unspecified atom stereocenters. The highest BCUT2D eigenvalue weighted by atomic mass is 35.5. The van der Waals surface area contributed by atoms with Crippen LogP contribution in [-0.2, 0) is 0 Å². The van der Waals surface area contributed by atoms with Gasteiger partial charge in [-0.15, -0.1) is 0 Å². The van der Waals surface area contributed by atoms with E-state index >= 15 is 0 Å². The zero-order chi connectivity index (χ0) is 15.4. The largest absolute Gasteiger partial charge is 0.497 e. The summed E-state index contributed by atoms with van der Waals surface area (Å²) >= 11 is 12.4. The Kier molecular flexibility index (Phi) is 5.34. The van der Waals surface area contributed by atoms with Crippen LogP contribution in [0.3, 0.4) is 0 Å². The molecule has 2 aromatic rings. The number of likely N-dealkylation sites (N-methyl/N-ethyl adjacent to an activating group) is 1. The van der Waals surface area contributed by atoms with Crippen molar-refractivity contribution in [3.05, 3.63) is 58.1 Å². The predicted molar refractivity (Wildman–Crippen MR) is 89.7 cm³/mol. The molecule has 0 spiro atoms. The third-order valence-electron chi connectivity index (χ3n) is 3.47.